The van der Waals surface area contributed by atoms with Crippen molar-refractivity contribution in [3.8, 4) is 0 Å². The Morgan fingerprint density at radius 1 is 1.46 bits per heavy atom. The molecule has 0 radical (unpaired) electrons. The number of aliphatic imine (C=N–C) groups is 2. The van der Waals surface area contributed by atoms with Gasteiger partial charge in [0.15, 0.2) is 5.96 Å². The number of nitrogens with zero attached hydrogens (tertiary/aromatic N) is 2. The first-order chi connectivity index (χ1) is 6.13. The quantitative estimate of drug-likeness (QED) is 0.312. The summed E-state index contributed by atoms with van der Waals surface area (Å²) in [6.45, 7) is 3.66. The van der Waals surface area contributed by atoms with Crippen LogP contribution in [0.3, 0.4) is 0 Å². The van der Waals surface area contributed by atoms with Gasteiger partial charge in [0.05, 0.1) is 6.04 Å². The standard InChI is InChI=1S/C8H15N5/c1-2-3-5-4-6(5)12-8(11)13-7(9)10/h2,5-6H,1,3-4H2,(H6,9,10,11,12,13). The molecule has 1 aliphatic carbocycles. The van der Waals surface area contributed by atoms with Gasteiger partial charge >= 0.3 is 0 Å². The van der Waals surface area contributed by atoms with Gasteiger partial charge in [-0.1, -0.05) is 6.08 Å². The van der Waals surface area contributed by atoms with E-state index < -0.39 is 0 Å². The van der Waals surface area contributed by atoms with E-state index in [2.05, 4.69) is 16.6 Å². The summed E-state index contributed by atoms with van der Waals surface area (Å²) in [7, 11) is 0. The summed E-state index contributed by atoms with van der Waals surface area (Å²) >= 11 is 0. The first-order valence-corrected chi connectivity index (χ1v) is 4.17. The average molecular weight is 181 g/mol. The lowest BCUT2D eigenvalue weighted by Gasteiger charge is -1.93. The molecule has 6 N–H and O–H groups in total. The van der Waals surface area contributed by atoms with Gasteiger partial charge in [-0.25, -0.2) is 4.99 Å². The normalized spacial score (nSPS) is 26.6. The van der Waals surface area contributed by atoms with Crippen LogP contribution in [0.2, 0.25) is 0 Å². The van der Waals surface area contributed by atoms with E-state index in [0.717, 1.165) is 12.8 Å². The Kier molecular flexibility index (Phi) is 2.89. The molecule has 0 spiro atoms. The minimum atomic E-state index is -0.0535. The summed E-state index contributed by atoms with van der Waals surface area (Å²) in [6.07, 6.45) is 3.91. The maximum absolute atomic E-state index is 5.45. The molecule has 2 unspecified atom stereocenters. The highest BCUT2D eigenvalue weighted by Crippen LogP contribution is 2.36. The van der Waals surface area contributed by atoms with Crippen molar-refractivity contribution in [2.24, 2.45) is 33.1 Å². The molecule has 5 nitrogen and oxygen atoms in total. The summed E-state index contributed by atoms with van der Waals surface area (Å²) < 4.78 is 0. The highest BCUT2D eigenvalue weighted by molar-refractivity contribution is 5.92. The largest absolute Gasteiger partial charge is 0.370 e. The van der Waals surface area contributed by atoms with Crippen molar-refractivity contribution in [2.45, 2.75) is 18.9 Å². The smallest absolute Gasteiger partial charge is 0.218 e. The van der Waals surface area contributed by atoms with Crippen LogP contribution in [0.5, 0.6) is 0 Å². The maximum atomic E-state index is 5.45. The van der Waals surface area contributed by atoms with Crippen LogP contribution in [0, 0.1) is 5.92 Å². The second-order valence-electron chi connectivity index (χ2n) is 3.11. The summed E-state index contributed by atoms with van der Waals surface area (Å²) in [4.78, 5) is 7.75. The lowest BCUT2D eigenvalue weighted by molar-refractivity contribution is 0.810. The van der Waals surface area contributed by atoms with E-state index in [4.69, 9.17) is 17.2 Å². The molecule has 1 rings (SSSR count). The first kappa shape index (κ1) is 9.57. The Hall–Kier alpha value is -1.52. The number of hydrogen-bond acceptors (Lipinski definition) is 1. The molecule has 72 valence electrons. The van der Waals surface area contributed by atoms with Gasteiger partial charge in [-0.05, 0) is 18.8 Å². The SMILES string of the molecule is C=CCC1CC1N=C(N)N=C(N)N. The Labute approximate surface area is 77.4 Å². The van der Waals surface area contributed by atoms with Crippen molar-refractivity contribution in [1.82, 2.24) is 0 Å². The fraction of sp³-hybridized carbons (Fsp3) is 0.500. The van der Waals surface area contributed by atoms with E-state index >= 15 is 0 Å². The van der Waals surface area contributed by atoms with E-state index in [1.165, 1.54) is 0 Å². The van der Waals surface area contributed by atoms with Gasteiger partial charge in [0.25, 0.3) is 0 Å². The first-order valence-electron chi connectivity index (χ1n) is 4.17. The second-order valence-corrected chi connectivity index (χ2v) is 3.11. The molecule has 5 heteroatoms. The van der Waals surface area contributed by atoms with Crippen LogP contribution >= 0.6 is 0 Å². The molecular weight excluding hydrogens is 166 g/mol. The zero-order valence-corrected chi connectivity index (χ0v) is 7.48. The fourth-order valence-electron chi connectivity index (χ4n) is 1.19. The molecule has 1 fully saturated rings. The average Bonchev–Trinajstić information content (AvgIpc) is 2.66. The number of nitrogens with two attached hydrogens (primary N) is 3. The number of rotatable bonds is 3. The van der Waals surface area contributed by atoms with Gasteiger partial charge in [0, 0.05) is 0 Å². The number of allylic oxidation sites excluding steroid dienone is 1. The zero-order chi connectivity index (χ0) is 9.84. The van der Waals surface area contributed by atoms with Crippen molar-refractivity contribution in [3.63, 3.8) is 0 Å². The Bertz CT molecular complexity index is 251. The lowest BCUT2D eigenvalue weighted by Crippen LogP contribution is -2.26. The molecule has 0 amide bonds. The van der Waals surface area contributed by atoms with Gasteiger partial charge in [0.1, 0.15) is 0 Å². The molecule has 0 aliphatic heterocycles. The van der Waals surface area contributed by atoms with E-state index in [1.54, 1.807) is 0 Å². The summed E-state index contributed by atoms with van der Waals surface area (Å²) in [5.74, 6) is 0.684. The van der Waals surface area contributed by atoms with E-state index in [9.17, 15) is 0 Å². The highest BCUT2D eigenvalue weighted by atomic mass is 15.1. The van der Waals surface area contributed by atoms with Gasteiger partial charge in [0.2, 0.25) is 5.96 Å². The van der Waals surface area contributed by atoms with Crippen LogP contribution in [0.25, 0.3) is 0 Å². The van der Waals surface area contributed by atoms with E-state index in [0.29, 0.717) is 5.92 Å². The Balaban J connectivity index is 2.41. The van der Waals surface area contributed by atoms with E-state index in [1.807, 2.05) is 6.08 Å². The molecular formula is C8H15N5. The third-order valence-electron chi connectivity index (χ3n) is 1.90. The molecule has 0 bridgehead atoms. The van der Waals surface area contributed by atoms with Crippen LogP contribution in [0.4, 0.5) is 0 Å². The summed E-state index contributed by atoms with van der Waals surface area (Å²) in [5.41, 5.74) is 15.7. The van der Waals surface area contributed by atoms with Crippen LogP contribution in [0.15, 0.2) is 22.6 Å². The zero-order valence-electron chi connectivity index (χ0n) is 7.48. The van der Waals surface area contributed by atoms with Crippen molar-refractivity contribution in [1.29, 1.82) is 0 Å². The van der Waals surface area contributed by atoms with Gasteiger partial charge in [-0.3, -0.25) is 0 Å². The van der Waals surface area contributed by atoms with Crippen molar-refractivity contribution < 1.29 is 0 Å². The van der Waals surface area contributed by atoms with Crippen LogP contribution in [-0.2, 0) is 0 Å². The number of guanidine groups is 2. The highest BCUT2D eigenvalue weighted by Gasteiger charge is 2.35. The molecule has 0 aromatic carbocycles. The molecule has 0 aromatic heterocycles. The van der Waals surface area contributed by atoms with Gasteiger partial charge < -0.3 is 17.2 Å². The topological polar surface area (TPSA) is 103 Å². The van der Waals surface area contributed by atoms with Gasteiger partial charge in [-0.15, -0.1) is 6.58 Å². The molecule has 2 atom stereocenters. The number of hydrogen-bond donors (Lipinski definition) is 3. The van der Waals surface area contributed by atoms with E-state index in [-0.39, 0.29) is 18.0 Å². The monoisotopic (exact) mass is 181 g/mol. The van der Waals surface area contributed by atoms with Crippen molar-refractivity contribution >= 4 is 11.9 Å². The third-order valence-corrected chi connectivity index (χ3v) is 1.90. The molecule has 1 aliphatic rings. The fourth-order valence-corrected chi connectivity index (χ4v) is 1.19. The summed E-state index contributed by atoms with van der Waals surface area (Å²) in [5, 5.41) is 0. The van der Waals surface area contributed by atoms with Crippen LogP contribution < -0.4 is 17.2 Å². The van der Waals surface area contributed by atoms with Crippen LogP contribution in [-0.4, -0.2) is 18.0 Å². The Morgan fingerprint density at radius 2 is 2.15 bits per heavy atom. The molecule has 1 saturated carbocycles. The molecule has 0 heterocycles. The predicted octanol–water partition coefficient (Wildman–Crippen LogP) is -0.461. The molecule has 0 saturated heterocycles. The maximum Gasteiger partial charge on any atom is 0.218 e. The lowest BCUT2D eigenvalue weighted by atomic mass is 10.3. The third kappa shape index (κ3) is 3.14. The van der Waals surface area contributed by atoms with Gasteiger partial charge in [-0.2, -0.15) is 4.99 Å². The Morgan fingerprint density at radius 3 is 2.69 bits per heavy atom. The molecule has 0 aromatic rings. The van der Waals surface area contributed by atoms with Crippen molar-refractivity contribution in [2.75, 3.05) is 0 Å². The minimum absolute atomic E-state index is 0.0535. The van der Waals surface area contributed by atoms with Crippen molar-refractivity contribution in [3.05, 3.63) is 12.7 Å². The predicted molar refractivity (Wildman–Crippen MR) is 54.1 cm³/mol. The minimum Gasteiger partial charge on any atom is -0.370 e. The second kappa shape index (κ2) is 3.93. The van der Waals surface area contributed by atoms with Crippen LogP contribution in [0.1, 0.15) is 12.8 Å². The molecule has 13 heavy (non-hydrogen) atoms. The summed E-state index contributed by atoms with van der Waals surface area (Å²) in [6, 6.07) is 0.279.